The highest BCUT2D eigenvalue weighted by Crippen LogP contribution is 2.67. The van der Waals surface area contributed by atoms with E-state index in [1.165, 1.54) is 12.8 Å². The lowest BCUT2D eigenvalue weighted by Gasteiger charge is -2.63. The number of hydrogen-bond donors (Lipinski definition) is 2. The van der Waals surface area contributed by atoms with E-state index < -0.39 is 0 Å². The number of nitrogens with two attached hydrogens (primary N) is 1. The molecule has 0 bridgehead atoms. The molecule has 10 atom stereocenters. The van der Waals surface area contributed by atoms with Crippen LogP contribution in [0, 0.1) is 40.4 Å². The molecule has 5 nitrogen and oxygen atoms in total. The Bertz CT molecular complexity index is 655. The van der Waals surface area contributed by atoms with Gasteiger partial charge in [0.1, 0.15) is 0 Å². The van der Waals surface area contributed by atoms with Crippen molar-refractivity contribution in [2.75, 3.05) is 13.2 Å². The fourth-order valence-corrected chi connectivity index (χ4v) is 8.70. The van der Waals surface area contributed by atoms with Gasteiger partial charge in [-0.2, -0.15) is 0 Å². The van der Waals surface area contributed by atoms with Gasteiger partial charge < -0.3 is 20.3 Å². The molecule has 31 heavy (non-hydrogen) atoms. The Labute approximate surface area is 188 Å². The van der Waals surface area contributed by atoms with Crippen molar-refractivity contribution < 1.29 is 19.4 Å². The molecular weight excluding hydrogens is 390 g/mol. The average Bonchev–Trinajstić information content (AvgIpc) is 3.05. The van der Waals surface area contributed by atoms with E-state index in [4.69, 9.17) is 15.2 Å². The SMILES string of the molecule is CCCCOC1C[C@@]2(C)C(CC[C@@H]3[C@H]2C(N)C[C@]2(C)C(C(=O)OCC)CC[C@@H]32)CC1O. The van der Waals surface area contributed by atoms with Crippen molar-refractivity contribution in [1.82, 2.24) is 0 Å². The molecule has 0 spiro atoms. The summed E-state index contributed by atoms with van der Waals surface area (Å²) in [6.45, 7) is 10.0. The molecular formula is C26H45NO4. The zero-order valence-electron chi connectivity index (χ0n) is 20.1. The van der Waals surface area contributed by atoms with E-state index in [9.17, 15) is 9.90 Å². The molecule has 3 N–H and O–H groups in total. The van der Waals surface area contributed by atoms with Crippen LogP contribution in [-0.2, 0) is 14.3 Å². The van der Waals surface area contributed by atoms with Crippen molar-refractivity contribution in [3.63, 3.8) is 0 Å². The van der Waals surface area contributed by atoms with Crippen LogP contribution in [0.4, 0.5) is 0 Å². The minimum atomic E-state index is -0.351. The molecule has 4 aliphatic carbocycles. The molecule has 0 aromatic carbocycles. The summed E-state index contributed by atoms with van der Waals surface area (Å²) in [4.78, 5) is 12.8. The second kappa shape index (κ2) is 8.95. The van der Waals surface area contributed by atoms with Gasteiger partial charge in [0, 0.05) is 12.6 Å². The fourth-order valence-electron chi connectivity index (χ4n) is 8.70. The molecule has 4 rings (SSSR count). The van der Waals surface area contributed by atoms with Gasteiger partial charge in [-0.05, 0) is 92.8 Å². The van der Waals surface area contributed by atoms with Crippen LogP contribution in [0.5, 0.6) is 0 Å². The highest BCUT2D eigenvalue weighted by molar-refractivity contribution is 5.74. The second-order valence-corrected chi connectivity index (χ2v) is 11.6. The topological polar surface area (TPSA) is 81.8 Å². The minimum absolute atomic E-state index is 0.00622. The number of carbonyl (C=O) groups excluding carboxylic acids is 1. The molecule has 4 aliphatic rings. The summed E-state index contributed by atoms with van der Waals surface area (Å²) in [6, 6.07) is 0.0978. The highest BCUT2D eigenvalue weighted by atomic mass is 16.5. The number of unbranched alkanes of at least 4 members (excludes halogenated alkanes) is 1. The Kier molecular flexibility index (Phi) is 6.78. The molecule has 4 saturated carbocycles. The summed E-state index contributed by atoms with van der Waals surface area (Å²) in [5, 5.41) is 10.8. The summed E-state index contributed by atoms with van der Waals surface area (Å²) in [7, 11) is 0. The van der Waals surface area contributed by atoms with Gasteiger partial charge in [-0.3, -0.25) is 4.79 Å². The molecule has 178 valence electrons. The number of ether oxygens (including phenoxy) is 2. The lowest BCUT2D eigenvalue weighted by molar-refractivity contribution is -0.180. The van der Waals surface area contributed by atoms with E-state index in [1.807, 2.05) is 6.92 Å². The van der Waals surface area contributed by atoms with Crippen molar-refractivity contribution in [2.24, 2.45) is 46.2 Å². The third-order valence-corrected chi connectivity index (χ3v) is 10.1. The van der Waals surface area contributed by atoms with Crippen molar-refractivity contribution >= 4 is 5.97 Å². The van der Waals surface area contributed by atoms with E-state index in [1.54, 1.807) is 0 Å². The van der Waals surface area contributed by atoms with Crippen molar-refractivity contribution in [3.8, 4) is 0 Å². The van der Waals surface area contributed by atoms with Crippen LogP contribution in [0.15, 0.2) is 0 Å². The minimum Gasteiger partial charge on any atom is -0.466 e. The van der Waals surface area contributed by atoms with Gasteiger partial charge in [-0.1, -0.05) is 27.2 Å². The standard InChI is InChI=1S/C26H45NO4/c1-5-7-12-31-22-15-25(3)16(13-21(22)28)8-9-17-18-10-11-19(24(29)30-6-2)26(18,4)14-20(27)23(17)25/h16-23,28H,5-15,27H2,1-4H3/t16?,17-,18-,19?,20?,21?,22?,23-,25-,26-/m0/s1. The largest absolute Gasteiger partial charge is 0.466 e. The predicted molar refractivity (Wildman–Crippen MR) is 121 cm³/mol. The van der Waals surface area contributed by atoms with Crippen molar-refractivity contribution in [1.29, 1.82) is 0 Å². The van der Waals surface area contributed by atoms with E-state index in [-0.39, 0.29) is 41.0 Å². The smallest absolute Gasteiger partial charge is 0.309 e. The molecule has 0 aliphatic heterocycles. The van der Waals surface area contributed by atoms with Crippen molar-refractivity contribution in [3.05, 3.63) is 0 Å². The van der Waals surface area contributed by atoms with E-state index >= 15 is 0 Å². The molecule has 0 heterocycles. The lowest BCUT2D eigenvalue weighted by Crippen LogP contribution is -2.63. The van der Waals surface area contributed by atoms with Gasteiger partial charge in [-0.15, -0.1) is 0 Å². The van der Waals surface area contributed by atoms with Crippen LogP contribution < -0.4 is 5.73 Å². The highest BCUT2D eigenvalue weighted by Gasteiger charge is 2.64. The van der Waals surface area contributed by atoms with E-state index in [0.717, 1.165) is 51.6 Å². The number of aliphatic hydroxyl groups excluding tert-OH is 1. The fraction of sp³-hybridized carbons (Fsp3) is 0.962. The maximum atomic E-state index is 12.8. The summed E-state index contributed by atoms with van der Waals surface area (Å²) < 4.78 is 11.7. The number of fused-ring (bicyclic) bond motifs is 5. The first-order valence-electron chi connectivity index (χ1n) is 13.0. The van der Waals surface area contributed by atoms with Crippen molar-refractivity contribution in [2.45, 2.75) is 104 Å². The Morgan fingerprint density at radius 3 is 2.58 bits per heavy atom. The first-order valence-corrected chi connectivity index (χ1v) is 13.0. The normalized spacial score (nSPS) is 49.1. The summed E-state index contributed by atoms with van der Waals surface area (Å²) in [5.74, 6) is 2.08. The molecule has 4 fully saturated rings. The third-order valence-electron chi connectivity index (χ3n) is 10.1. The van der Waals surface area contributed by atoms with Gasteiger partial charge in [-0.25, -0.2) is 0 Å². The molecule has 0 saturated heterocycles. The van der Waals surface area contributed by atoms with Gasteiger partial charge in [0.2, 0.25) is 0 Å². The van der Waals surface area contributed by atoms with Crippen LogP contribution in [-0.4, -0.2) is 42.5 Å². The maximum absolute atomic E-state index is 12.8. The summed E-state index contributed by atoms with van der Waals surface area (Å²) >= 11 is 0. The predicted octanol–water partition coefficient (Wildman–Crippen LogP) is 4.30. The monoisotopic (exact) mass is 435 g/mol. The second-order valence-electron chi connectivity index (χ2n) is 11.6. The van der Waals surface area contributed by atoms with Gasteiger partial charge >= 0.3 is 5.97 Å². The molecule has 5 heteroatoms. The zero-order valence-corrected chi connectivity index (χ0v) is 20.1. The van der Waals surface area contributed by atoms with Gasteiger partial charge in [0.05, 0.1) is 24.7 Å². The number of aliphatic hydroxyl groups is 1. The zero-order chi connectivity index (χ0) is 22.4. The molecule has 0 aromatic rings. The number of carbonyl (C=O) groups is 1. The molecule has 0 radical (unpaired) electrons. The molecule has 5 unspecified atom stereocenters. The number of esters is 1. The van der Waals surface area contributed by atoms with Crippen LogP contribution in [0.3, 0.4) is 0 Å². The van der Waals surface area contributed by atoms with Crippen LogP contribution in [0.25, 0.3) is 0 Å². The lowest BCUT2D eigenvalue weighted by atomic mass is 9.43. The summed E-state index contributed by atoms with van der Waals surface area (Å²) in [6.07, 6.45) is 8.82. The maximum Gasteiger partial charge on any atom is 0.309 e. The third kappa shape index (κ3) is 3.87. The Morgan fingerprint density at radius 2 is 1.87 bits per heavy atom. The summed E-state index contributed by atoms with van der Waals surface area (Å²) in [5.41, 5.74) is 7.08. The quantitative estimate of drug-likeness (QED) is 0.480. The van der Waals surface area contributed by atoms with Gasteiger partial charge in [0.15, 0.2) is 0 Å². The van der Waals surface area contributed by atoms with Crippen LogP contribution in [0.2, 0.25) is 0 Å². The Hall–Kier alpha value is -0.650. The Balaban J connectivity index is 1.57. The van der Waals surface area contributed by atoms with Crippen LogP contribution >= 0.6 is 0 Å². The number of rotatable bonds is 6. The molecule has 0 aromatic heterocycles. The van der Waals surface area contributed by atoms with Gasteiger partial charge in [0.25, 0.3) is 0 Å². The van der Waals surface area contributed by atoms with Crippen LogP contribution in [0.1, 0.15) is 85.5 Å². The Morgan fingerprint density at radius 1 is 1.10 bits per heavy atom. The number of hydrogen-bond acceptors (Lipinski definition) is 5. The average molecular weight is 436 g/mol. The first kappa shape index (κ1) is 23.5. The first-order chi connectivity index (χ1) is 14.8. The molecule has 0 amide bonds. The van der Waals surface area contributed by atoms with E-state index in [0.29, 0.717) is 30.3 Å². The van der Waals surface area contributed by atoms with E-state index in [2.05, 4.69) is 20.8 Å².